The first-order chi connectivity index (χ1) is 11.6. The van der Waals surface area contributed by atoms with Crippen molar-refractivity contribution < 1.29 is 17.9 Å². The summed E-state index contributed by atoms with van der Waals surface area (Å²) in [6, 6.07) is 6.64. The van der Waals surface area contributed by atoms with Crippen molar-refractivity contribution >= 4 is 10.0 Å². The first-order valence-electron chi connectivity index (χ1n) is 8.53. The minimum absolute atomic E-state index is 0.324. The van der Waals surface area contributed by atoms with Crippen molar-refractivity contribution in [1.82, 2.24) is 9.62 Å². The van der Waals surface area contributed by atoms with Crippen LogP contribution in [-0.4, -0.2) is 59.2 Å². The number of piperidine rings is 1. The fourth-order valence-electron chi connectivity index (χ4n) is 2.92. The van der Waals surface area contributed by atoms with E-state index in [1.807, 2.05) is 14.0 Å². The van der Waals surface area contributed by atoms with Crippen LogP contribution in [0, 0.1) is 5.92 Å². The van der Waals surface area contributed by atoms with E-state index in [0.717, 1.165) is 19.4 Å². The molecule has 1 fully saturated rings. The highest BCUT2D eigenvalue weighted by molar-refractivity contribution is 7.89. The molecule has 1 aromatic rings. The molecule has 1 aliphatic rings. The molecule has 0 spiro atoms. The Hall–Kier alpha value is -1.15. The van der Waals surface area contributed by atoms with Crippen LogP contribution in [-0.2, 0) is 14.8 Å². The molecule has 1 aliphatic heterocycles. The normalized spacial score (nSPS) is 19.3. The molecule has 2 rings (SSSR count). The summed E-state index contributed by atoms with van der Waals surface area (Å²) in [6.45, 7) is 5.59. The topological polar surface area (TPSA) is 67.9 Å². The number of sulfonamides is 1. The van der Waals surface area contributed by atoms with Crippen LogP contribution in [0.2, 0.25) is 0 Å². The Morgan fingerprint density at radius 2 is 2.00 bits per heavy atom. The van der Waals surface area contributed by atoms with Crippen LogP contribution in [0.4, 0.5) is 0 Å². The third-order valence-electron chi connectivity index (χ3n) is 4.14. The SMILES string of the molecule is CCOCCOc1ccc(S(=O)(=O)N2CCCC(CNC)C2)cc1. The highest BCUT2D eigenvalue weighted by atomic mass is 32.2. The lowest BCUT2D eigenvalue weighted by atomic mass is 10.00. The zero-order valence-electron chi connectivity index (χ0n) is 14.5. The fourth-order valence-corrected chi connectivity index (χ4v) is 4.47. The Balaban J connectivity index is 1.98. The van der Waals surface area contributed by atoms with Gasteiger partial charge in [0.05, 0.1) is 11.5 Å². The highest BCUT2D eigenvalue weighted by Gasteiger charge is 2.29. The zero-order chi connectivity index (χ0) is 17.4. The fraction of sp³-hybridized carbons (Fsp3) is 0.647. The highest BCUT2D eigenvalue weighted by Crippen LogP contribution is 2.24. The molecule has 1 aromatic carbocycles. The van der Waals surface area contributed by atoms with Gasteiger partial charge in [-0.1, -0.05) is 0 Å². The van der Waals surface area contributed by atoms with Crippen molar-refractivity contribution in [1.29, 1.82) is 0 Å². The average Bonchev–Trinajstić information content (AvgIpc) is 2.60. The van der Waals surface area contributed by atoms with Crippen LogP contribution in [0.3, 0.4) is 0 Å². The van der Waals surface area contributed by atoms with E-state index < -0.39 is 10.0 Å². The van der Waals surface area contributed by atoms with Crippen LogP contribution < -0.4 is 10.1 Å². The summed E-state index contributed by atoms with van der Waals surface area (Å²) in [5.41, 5.74) is 0. The molecule has 24 heavy (non-hydrogen) atoms. The third-order valence-corrected chi connectivity index (χ3v) is 6.02. The van der Waals surface area contributed by atoms with Gasteiger partial charge in [0.25, 0.3) is 0 Å². The molecule has 7 heteroatoms. The lowest BCUT2D eigenvalue weighted by molar-refractivity contribution is 0.110. The summed E-state index contributed by atoms with van der Waals surface area (Å²) in [5, 5.41) is 3.14. The molecule has 1 N–H and O–H groups in total. The van der Waals surface area contributed by atoms with Gasteiger partial charge in [0.15, 0.2) is 0 Å². The Morgan fingerprint density at radius 3 is 2.67 bits per heavy atom. The van der Waals surface area contributed by atoms with Crippen LogP contribution in [0.25, 0.3) is 0 Å². The maximum absolute atomic E-state index is 12.8. The maximum atomic E-state index is 12.8. The molecule has 1 saturated heterocycles. The van der Waals surface area contributed by atoms with Gasteiger partial charge in [0.1, 0.15) is 12.4 Å². The predicted molar refractivity (Wildman–Crippen MR) is 93.8 cm³/mol. The molecule has 0 saturated carbocycles. The molecular weight excluding hydrogens is 328 g/mol. The number of rotatable bonds is 9. The van der Waals surface area contributed by atoms with E-state index in [-0.39, 0.29) is 0 Å². The zero-order valence-corrected chi connectivity index (χ0v) is 15.3. The van der Waals surface area contributed by atoms with E-state index in [1.165, 1.54) is 0 Å². The second-order valence-electron chi connectivity index (χ2n) is 5.95. The number of nitrogens with one attached hydrogen (secondary N) is 1. The Kier molecular flexibility index (Phi) is 7.48. The molecule has 6 nitrogen and oxygen atoms in total. The lowest BCUT2D eigenvalue weighted by Gasteiger charge is -2.31. The van der Waals surface area contributed by atoms with Gasteiger partial charge in [0.2, 0.25) is 10.0 Å². The number of ether oxygens (including phenoxy) is 2. The standard InChI is InChI=1S/C17H28N2O4S/c1-3-22-11-12-23-16-6-8-17(9-7-16)24(20,21)19-10-4-5-15(14-19)13-18-2/h6-9,15,18H,3-5,10-14H2,1-2H3. The summed E-state index contributed by atoms with van der Waals surface area (Å²) in [5.74, 6) is 1.03. The molecule has 0 amide bonds. The molecule has 0 bridgehead atoms. The van der Waals surface area contributed by atoms with Crippen molar-refractivity contribution in [2.45, 2.75) is 24.7 Å². The minimum atomic E-state index is -3.43. The van der Waals surface area contributed by atoms with Gasteiger partial charge in [-0.15, -0.1) is 0 Å². The third kappa shape index (κ3) is 5.17. The van der Waals surface area contributed by atoms with Crippen LogP contribution in [0.5, 0.6) is 5.75 Å². The van der Waals surface area contributed by atoms with E-state index in [2.05, 4.69) is 5.32 Å². The van der Waals surface area contributed by atoms with Gasteiger partial charge in [-0.2, -0.15) is 4.31 Å². The number of benzene rings is 1. The van der Waals surface area contributed by atoms with Crippen molar-refractivity contribution in [3.63, 3.8) is 0 Å². The van der Waals surface area contributed by atoms with Crippen molar-refractivity contribution in [2.75, 3.05) is 46.5 Å². The molecule has 0 aromatic heterocycles. The van der Waals surface area contributed by atoms with Crippen LogP contribution in [0.15, 0.2) is 29.2 Å². The van der Waals surface area contributed by atoms with E-state index in [0.29, 0.717) is 49.5 Å². The van der Waals surface area contributed by atoms with Gasteiger partial charge in [-0.25, -0.2) is 8.42 Å². The molecule has 1 unspecified atom stereocenters. The molecular formula is C17H28N2O4S. The first kappa shape index (κ1) is 19.2. The molecule has 136 valence electrons. The predicted octanol–water partition coefficient (Wildman–Crippen LogP) is 1.72. The number of nitrogens with zero attached hydrogens (tertiary/aromatic N) is 1. The average molecular weight is 356 g/mol. The second-order valence-corrected chi connectivity index (χ2v) is 7.88. The summed E-state index contributed by atoms with van der Waals surface area (Å²) in [4.78, 5) is 0.324. The molecule has 0 radical (unpaired) electrons. The Morgan fingerprint density at radius 1 is 1.25 bits per heavy atom. The van der Waals surface area contributed by atoms with Gasteiger partial charge in [0, 0.05) is 19.7 Å². The lowest BCUT2D eigenvalue weighted by Crippen LogP contribution is -2.42. The number of hydrogen-bond acceptors (Lipinski definition) is 5. The van der Waals surface area contributed by atoms with Crippen LogP contribution >= 0.6 is 0 Å². The summed E-state index contributed by atoms with van der Waals surface area (Å²) in [6.07, 6.45) is 1.98. The van der Waals surface area contributed by atoms with Gasteiger partial charge in [-0.05, 0) is 63.5 Å². The van der Waals surface area contributed by atoms with Crippen LogP contribution in [0.1, 0.15) is 19.8 Å². The molecule has 0 aliphatic carbocycles. The summed E-state index contributed by atoms with van der Waals surface area (Å²) >= 11 is 0. The van der Waals surface area contributed by atoms with E-state index >= 15 is 0 Å². The van der Waals surface area contributed by atoms with E-state index in [9.17, 15) is 8.42 Å². The smallest absolute Gasteiger partial charge is 0.243 e. The summed E-state index contributed by atoms with van der Waals surface area (Å²) < 4.78 is 37.9. The van der Waals surface area contributed by atoms with Crippen molar-refractivity contribution in [3.05, 3.63) is 24.3 Å². The maximum Gasteiger partial charge on any atom is 0.243 e. The quantitative estimate of drug-likeness (QED) is 0.683. The van der Waals surface area contributed by atoms with Crippen molar-refractivity contribution in [3.8, 4) is 5.75 Å². The molecule has 1 heterocycles. The molecule has 1 atom stereocenters. The van der Waals surface area contributed by atoms with Gasteiger partial charge < -0.3 is 14.8 Å². The van der Waals surface area contributed by atoms with Gasteiger partial charge in [-0.3, -0.25) is 0 Å². The minimum Gasteiger partial charge on any atom is -0.491 e. The second kappa shape index (κ2) is 9.36. The Labute approximate surface area is 145 Å². The van der Waals surface area contributed by atoms with E-state index in [4.69, 9.17) is 9.47 Å². The number of hydrogen-bond donors (Lipinski definition) is 1. The summed E-state index contributed by atoms with van der Waals surface area (Å²) in [7, 11) is -1.53. The first-order valence-corrected chi connectivity index (χ1v) is 9.97. The van der Waals surface area contributed by atoms with Gasteiger partial charge >= 0.3 is 0 Å². The largest absolute Gasteiger partial charge is 0.491 e. The van der Waals surface area contributed by atoms with Crippen molar-refractivity contribution in [2.24, 2.45) is 5.92 Å². The Bertz CT molecular complexity index is 587. The monoisotopic (exact) mass is 356 g/mol. The van der Waals surface area contributed by atoms with E-state index in [1.54, 1.807) is 28.6 Å².